The number of sulfonamides is 1. The van der Waals surface area contributed by atoms with Gasteiger partial charge in [-0.1, -0.05) is 17.7 Å². The number of aromatic hydroxyl groups is 1. The Balaban J connectivity index is 0.000000112. The smallest absolute Gasteiger partial charge is 0.507 e. The molecule has 6 aliphatic heterocycles. The predicted molar refractivity (Wildman–Crippen MR) is 483 cm³/mol. The van der Waals surface area contributed by atoms with Gasteiger partial charge in [-0.05, 0) is 60.7 Å². The number of anilines is 7. The fraction of sp³-hybridized carbons (Fsp3) is 0.0976. The largest absolute Gasteiger partial charge is 0.586 e. The van der Waals surface area contributed by atoms with Crippen LogP contribution >= 0.6 is 34.3 Å². The monoisotopic (exact) mass is 2160 g/mol. The number of rotatable bonds is 15. The zero-order valence-electron chi connectivity index (χ0n) is 72.2. The first-order valence-electron chi connectivity index (χ1n) is 40.5. The topological polar surface area (TPSA) is 683 Å². The standard InChI is InChI=1S/C15H8ClF2N3O4.C15H10F2N4O3.C14H8F2N4O5.C14H9F2N3O5S2.C13H8F2N4O5S2.C11H6F2N6O3/c16-6-1-2-10(22)7(3-6)13(23)21-14-19-8-4-11-12(5-9(8)20-14)25-15(17,18)24-11;16-15(17)23-11-5-9-10(6-12(11)24-15)20-14(19-9)21-13(22)7-2-1-3-8(18)4-7;15-14(16)24-10-4-8-9(5-11(10)25-14)18-13(17-8)19-12(21)6-1-2-7(3-6)20(22)23;1-26(21,22)11-3-2-10(25-11)12(20)19-13-17-6-4-8-9(5-7(6)18-13)24-14(15,16)23-8;14-13(15)23-8-2-6-7(3-9(8)24-13)18-12(17-6)19-11(20)5-1-10(25-4-5)26(16,21)22;12-11(13)21-6-1-4-5(2-7(6)22-11)17-10(16-4)18-9(20)8-14-3-15-19-8/h1-5,22H,(H2,19,20,21,23);1-6H,18H2,(H2,19,20,21,22);2-5H,1H2,(H2,17,18,19,21);2-5H,1H3,(H2,17,18,19,20);1-4H,(H2,16,21,22)(H2,17,18,19,20);1-3H,(H,14,15,19)(H2,16,17,18,20). The average Bonchev–Trinajstić information content (AvgIpc) is 1.64. The molecule has 0 bridgehead atoms. The number of amides is 6. The minimum absolute atomic E-state index is 0.00857. The number of phenols is 1. The number of nitrogen functional groups attached to an aromatic ring is 1. The molecule has 0 fully saturated rings. The van der Waals surface area contributed by atoms with Crippen molar-refractivity contribution in [3.8, 4) is 74.7 Å². The number of imidazole rings is 6. The minimum atomic E-state index is -3.90. The van der Waals surface area contributed by atoms with Gasteiger partial charge in [0.1, 0.15) is 20.5 Å². The quantitative estimate of drug-likeness (QED) is 0.0196. The molecule has 24 rings (SSSR count). The lowest BCUT2D eigenvalue weighted by atomic mass is 10.2. The van der Waals surface area contributed by atoms with Crippen molar-refractivity contribution in [3.05, 3.63) is 211 Å². The number of ether oxygens (including phenoxy) is 12. The van der Waals surface area contributed by atoms with Gasteiger partial charge < -0.3 is 97.6 Å². The fourth-order valence-electron chi connectivity index (χ4n) is 13.8. The summed E-state index contributed by atoms with van der Waals surface area (Å²) in [6.07, 6.45) is -17.4. The van der Waals surface area contributed by atoms with Gasteiger partial charge in [0.25, 0.3) is 41.1 Å². The number of thiophene rings is 2. The number of phenolic OH excluding ortho intramolecular Hbond substituents is 1. The van der Waals surface area contributed by atoms with Crippen LogP contribution in [0.25, 0.3) is 66.2 Å². The SMILES string of the molecule is CS(=O)(=O)c1ccc(C(=O)Nc2nc3cc4c(cc3[nH]2)OC(F)(F)O4)s1.NS(=O)(=O)c1cc(C(=O)Nc2nc3cc4c(cc3[nH]2)OC(F)(F)O4)cs1.Nc1cccc(C(=O)Nc2nc3cc4c(cc3[nH]2)OC(F)(F)O4)c1.O=C(Nc1nc2cc3c(cc2[nH]1)OC(F)(F)O3)C1=CC([N+](=O)[O-])=CC1.O=C(Nc1nc2cc3c(cc2[nH]1)OC(F)(F)O3)c1cc(Cl)ccc1O.O=C(Nc1nc2cc3c(cc2[nH]1)OC(F)(F)O3)c1ncn[nH]1. The van der Waals surface area contributed by atoms with E-state index in [0.717, 1.165) is 35.0 Å². The summed E-state index contributed by atoms with van der Waals surface area (Å²) >= 11 is 7.44. The molecule has 6 amide bonds. The molecule has 18 N–H and O–H groups in total. The van der Waals surface area contributed by atoms with E-state index in [4.69, 9.17) is 22.5 Å². The number of carbonyl (C=O) groups excluding carboxylic acids is 6. The molecule has 9 aromatic heterocycles. The van der Waals surface area contributed by atoms with E-state index < -0.39 is 98.0 Å². The number of hydrogen-bond donors (Lipinski definition) is 16. The predicted octanol–water partition coefficient (Wildman–Crippen LogP) is 14.2. The highest BCUT2D eigenvalue weighted by Gasteiger charge is 2.49. The summed E-state index contributed by atoms with van der Waals surface area (Å²) in [6, 6.07) is 29.6. The Morgan fingerprint density at radius 1 is 0.439 bits per heavy atom. The number of carbonyl (C=O) groups is 6. The van der Waals surface area contributed by atoms with Crippen molar-refractivity contribution in [2.45, 2.75) is 52.6 Å². The van der Waals surface area contributed by atoms with E-state index in [1.54, 1.807) is 18.2 Å². The van der Waals surface area contributed by atoms with Crippen LogP contribution < -0.4 is 99.6 Å². The number of sulfone groups is 1. The number of aromatic amines is 7. The lowest BCUT2D eigenvalue weighted by Gasteiger charge is -2.04. The molecule has 17 aromatic rings. The number of hydrogen-bond acceptors (Lipinski definition) is 36. The molecule has 762 valence electrons. The summed E-state index contributed by atoms with van der Waals surface area (Å²) in [5, 5.41) is 47.8. The van der Waals surface area contributed by atoms with E-state index in [0.29, 0.717) is 55.4 Å². The maximum atomic E-state index is 13.0. The number of allylic oxidation sites excluding steroid dienone is 2. The summed E-state index contributed by atoms with van der Waals surface area (Å²) in [6.45, 7) is 0. The molecule has 0 unspecified atom stereocenters. The lowest BCUT2D eigenvalue weighted by Crippen LogP contribution is -2.25. The molecule has 0 saturated heterocycles. The number of nitrogens with zero attached hydrogens (tertiary/aromatic N) is 9. The van der Waals surface area contributed by atoms with Crippen LogP contribution in [0.15, 0.2) is 177 Å². The third-order valence-corrected chi connectivity index (χ3v) is 25.6. The van der Waals surface area contributed by atoms with Crippen LogP contribution in [0.4, 0.5) is 94.1 Å². The number of nitro groups is 1. The summed E-state index contributed by atoms with van der Waals surface area (Å²) in [7, 11) is -7.30. The number of aromatic nitrogens is 15. The number of H-pyrrole nitrogens is 7. The van der Waals surface area contributed by atoms with Crippen molar-refractivity contribution in [1.29, 1.82) is 0 Å². The van der Waals surface area contributed by atoms with E-state index >= 15 is 0 Å². The van der Waals surface area contributed by atoms with Gasteiger partial charge in [-0.3, -0.25) is 75.9 Å². The van der Waals surface area contributed by atoms with E-state index in [2.05, 4.69) is 164 Å². The van der Waals surface area contributed by atoms with Crippen molar-refractivity contribution < 1.29 is 165 Å². The van der Waals surface area contributed by atoms with Gasteiger partial charge in [0.2, 0.25) is 51.5 Å². The van der Waals surface area contributed by atoms with Crippen molar-refractivity contribution in [1.82, 2.24) is 75.0 Å². The van der Waals surface area contributed by atoms with E-state index in [1.807, 2.05) is 0 Å². The van der Waals surface area contributed by atoms with E-state index in [-0.39, 0.29) is 185 Å². The highest BCUT2D eigenvalue weighted by Crippen LogP contribution is 2.50. The number of halogens is 13. The van der Waals surface area contributed by atoms with Crippen LogP contribution in [-0.4, -0.2) is 181 Å². The third kappa shape index (κ3) is 21.7. The number of alkyl halides is 12. The highest BCUT2D eigenvalue weighted by molar-refractivity contribution is 7.92. The first-order chi connectivity index (χ1) is 69.7. The van der Waals surface area contributed by atoms with Crippen molar-refractivity contribution in [3.63, 3.8) is 0 Å². The molecular weight excluding hydrogens is 2110 g/mol. The summed E-state index contributed by atoms with van der Waals surface area (Å²) in [4.78, 5) is 128. The number of primary sulfonamides is 1. The second kappa shape index (κ2) is 36.6. The lowest BCUT2D eigenvalue weighted by molar-refractivity contribution is -0.418. The first-order valence-corrected chi connectivity index (χ1v) is 46.0. The Bertz CT molecular complexity index is 8290. The highest BCUT2D eigenvalue weighted by atomic mass is 35.5. The molecule has 0 radical (unpaired) electrons. The molecule has 0 saturated carbocycles. The minimum Gasteiger partial charge on any atom is -0.507 e. The maximum absolute atomic E-state index is 13.0. The van der Waals surface area contributed by atoms with Crippen molar-refractivity contribution in [2.24, 2.45) is 5.14 Å². The molecule has 0 atom stereocenters. The molecule has 1 aliphatic carbocycles. The molecule has 7 aliphatic rings. The number of nitrogens with one attached hydrogen (secondary N) is 13. The number of nitrogens with two attached hydrogens (primary N) is 2. The summed E-state index contributed by atoms with van der Waals surface area (Å²) < 4.78 is 254. The van der Waals surface area contributed by atoms with Crippen LogP contribution in [-0.2, 0) is 24.7 Å². The molecule has 0 spiro atoms. The third-order valence-electron chi connectivity index (χ3n) is 20.0. The van der Waals surface area contributed by atoms with Crippen LogP contribution in [0.5, 0.6) is 74.7 Å². The zero-order chi connectivity index (χ0) is 105. The zero-order valence-corrected chi connectivity index (χ0v) is 76.2. The molecular formula is C82H49ClF12N24O25S4. The van der Waals surface area contributed by atoms with Gasteiger partial charge in [0, 0.05) is 119 Å². The van der Waals surface area contributed by atoms with Crippen LogP contribution in [0, 0.1) is 10.1 Å². The molecule has 148 heavy (non-hydrogen) atoms. The van der Waals surface area contributed by atoms with Gasteiger partial charge >= 0.3 is 37.8 Å². The number of benzene rings is 8. The molecule has 49 nitrogen and oxygen atoms in total. The van der Waals surface area contributed by atoms with Gasteiger partial charge in [0.15, 0.2) is 78.8 Å². The fourth-order valence-corrected chi connectivity index (χ4v) is 17.4. The molecule has 66 heteroatoms. The Labute approximate surface area is 820 Å². The average molecular weight is 2160 g/mol. The van der Waals surface area contributed by atoms with Crippen LogP contribution in [0.1, 0.15) is 57.8 Å². The Hall–Kier alpha value is -18.7. The van der Waals surface area contributed by atoms with E-state index in [1.165, 1.54) is 133 Å². The second-order valence-electron chi connectivity index (χ2n) is 30.6. The van der Waals surface area contributed by atoms with Gasteiger partial charge in [-0.15, -0.1) is 75.4 Å². The number of fused-ring (bicyclic) bond motifs is 12. The van der Waals surface area contributed by atoms with E-state index in [9.17, 15) is 114 Å². The maximum Gasteiger partial charge on any atom is 0.586 e. The Kier molecular flexibility index (Phi) is 24.3. The normalized spacial score (nSPS) is 15.5. The van der Waals surface area contributed by atoms with Gasteiger partial charge in [0.05, 0.1) is 87.1 Å². The Morgan fingerprint density at radius 2 is 0.784 bits per heavy atom. The van der Waals surface area contributed by atoms with Crippen LogP contribution in [0.3, 0.4) is 0 Å². The first kappa shape index (κ1) is 98.1. The molecule has 8 aromatic carbocycles. The van der Waals surface area contributed by atoms with Crippen molar-refractivity contribution >= 4 is 197 Å². The molecule has 15 heterocycles. The van der Waals surface area contributed by atoms with Gasteiger partial charge in [-0.2, -0.15) is 5.10 Å². The summed E-state index contributed by atoms with van der Waals surface area (Å²) in [5.74, 6) is -4.86. The second-order valence-corrected chi connectivity index (χ2v) is 37.1. The Morgan fingerprint density at radius 3 is 1.11 bits per heavy atom. The van der Waals surface area contributed by atoms with Gasteiger partial charge in [-0.25, -0.2) is 56.9 Å². The van der Waals surface area contributed by atoms with Crippen molar-refractivity contribution in [2.75, 3.05) is 43.9 Å². The summed E-state index contributed by atoms with van der Waals surface area (Å²) in [5.41, 5.74) is 10.5. The van der Waals surface area contributed by atoms with Crippen LogP contribution in [0.2, 0.25) is 5.02 Å².